The Morgan fingerprint density at radius 3 is 2.70 bits per heavy atom. The predicted octanol–water partition coefficient (Wildman–Crippen LogP) is 1.81. The first-order valence-corrected chi connectivity index (χ1v) is 6.91. The van der Waals surface area contributed by atoms with Crippen LogP contribution in [0.25, 0.3) is 0 Å². The number of carbonyl (C=O) groups is 2. The minimum atomic E-state index is -0.912. The molecule has 1 saturated heterocycles. The maximum Gasteiger partial charge on any atom is 0.326 e. The maximum absolute atomic E-state index is 12.2. The highest BCUT2D eigenvalue weighted by atomic mass is 16.4. The molecule has 0 saturated carbocycles. The number of para-hydroxylation sites is 1. The van der Waals surface area contributed by atoms with Crippen LogP contribution in [0.3, 0.4) is 0 Å². The van der Waals surface area contributed by atoms with Gasteiger partial charge in [0.2, 0.25) is 5.91 Å². The lowest BCUT2D eigenvalue weighted by atomic mass is 9.91. The summed E-state index contributed by atoms with van der Waals surface area (Å²) in [5, 5.41) is 12.3. The molecular weight excluding hydrogens is 256 g/mol. The molecule has 2 atom stereocenters. The number of hydrogen-bond donors (Lipinski definition) is 2. The fourth-order valence-corrected chi connectivity index (χ4v) is 2.68. The molecular formula is C15H20N2O3. The van der Waals surface area contributed by atoms with Crippen LogP contribution in [0.15, 0.2) is 30.3 Å². The van der Waals surface area contributed by atoms with Crippen molar-refractivity contribution in [1.82, 2.24) is 4.90 Å². The summed E-state index contributed by atoms with van der Waals surface area (Å²) < 4.78 is 0. The Labute approximate surface area is 118 Å². The van der Waals surface area contributed by atoms with Gasteiger partial charge in [-0.3, -0.25) is 4.79 Å². The van der Waals surface area contributed by atoms with Crippen LogP contribution in [-0.2, 0) is 9.59 Å². The predicted molar refractivity (Wildman–Crippen MR) is 76.5 cm³/mol. The number of benzene rings is 1. The number of carbonyl (C=O) groups excluding carboxylic acids is 1. The van der Waals surface area contributed by atoms with Crippen LogP contribution in [-0.4, -0.2) is 41.0 Å². The first-order chi connectivity index (χ1) is 9.59. The van der Waals surface area contributed by atoms with Gasteiger partial charge in [-0.1, -0.05) is 25.1 Å². The van der Waals surface area contributed by atoms with Gasteiger partial charge in [0.15, 0.2) is 0 Å². The monoisotopic (exact) mass is 276 g/mol. The van der Waals surface area contributed by atoms with Crippen LogP contribution >= 0.6 is 0 Å². The van der Waals surface area contributed by atoms with Gasteiger partial charge in [0.1, 0.15) is 6.04 Å². The number of piperidine rings is 1. The van der Waals surface area contributed by atoms with Crippen molar-refractivity contribution in [1.29, 1.82) is 0 Å². The SMILES string of the molecule is CC1CCCN(C(=O)CNc2ccccc2)C1C(=O)O. The second-order valence-corrected chi connectivity index (χ2v) is 5.21. The van der Waals surface area contributed by atoms with Crippen molar-refractivity contribution >= 4 is 17.6 Å². The molecule has 1 fully saturated rings. The molecule has 2 N–H and O–H groups in total. The molecule has 5 heteroatoms. The zero-order valence-corrected chi connectivity index (χ0v) is 11.6. The number of nitrogens with one attached hydrogen (secondary N) is 1. The number of anilines is 1. The topological polar surface area (TPSA) is 69.6 Å². The van der Waals surface area contributed by atoms with Gasteiger partial charge < -0.3 is 15.3 Å². The molecule has 1 aromatic carbocycles. The average Bonchev–Trinajstić information content (AvgIpc) is 2.45. The number of carboxylic acid groups (broad SMARTS) is 1. The Morgan fingerprint density at radius 2 is 2.05 bits per heavy atom. The smallest absolute Gasteiger partial charge is 0.326 e. The standard InChI is InChI=1S/C15H20N2O3/c1-11-6-5-9-17(14(11)15(19)20)13(18)10-16-12-7-3-2-4-8-12/h2-4,7-8,11,14,16H,5-6,9-10H2,1H3,(H,19,20). The first-order valence-electron chi connectivity index (χ1n) is 6.91. The zero-order chi connectivity index (χ0) is 14.5. The van der Waals surface area contributed by atoms with Crippen LogP contribution in [0.1, 0.15) is 19.8 Å². The van der Waals surface area contributed by atoms with Crippen LogP contribution in [0.5, 0.6) is 0 Å². The fraction of sp³-hybridized carbons (Fsp3) is 0.467. The molecule has 1 heterocycles. The Balaban J connectivity index is 1.98. The van der Waals surface area contributed by atoms with Crippen molar-refractivity contribution in [3.05, 3.63) is 30.3 Å². The molecule has 2 rings (SSSR count). The molecule has 1 amide bonds. The van der Waals surface area contributed by atoms with Gasteiger partial charge in [-0.05, 0) is 30.9 Å². The number of carboxylic acids is 1. The Kier molecular flexibility index (Phi) is 4.61. The minimum Gasteiger partial charge on any atom is -0.480 e. The van der Waals surface area contributed by atoms with Crippen LogP contribution in [0.2, 0.25) is 0 Å². The van der Waals surface area contributed by atoms with E-state index in [1.807, 2.05) is 37.3 Å². The molecule has 0 spiro atoms. The van der Waals surface area contributed by atoms with E-state index in [0.29, 0.717) is 6.54 Å². The van der Waals surface area contributed by atoms with E-state index in [1.165, 1.54) is 4.90 Å². The largest absolute Gasteiger partial charge is 0.480 e. The van der Waals surface area contributed by atoms with Gasteiger partial charge >= 0.3 is 5.97 Å². The number of likely N-dealkylation sites (tertiary alicyclic amines) is 1. The van der Waals surface area contributed by atoms with Crippen molar-refractivity contribution in [2.45, 2.75) is 25.8 Å². The first kappa shape index (κ1) is 14.4. The molecule has 0 radical (unpaired) electrons. The Bertz CT molecular complexity index is 475. The Morgan fingerprint density at radius 1 is 1.35 bits per heavy atom. The quantitative estimate of drug-likeness (QED) is 0.880. The normalized spacial score (nSPS) is 22.4. The molecule has 0 aromatic heterocycles. The third-order valence-corrected chi connectivity index (χ3v) is 3.72. The zero-order valence-electron chi connectivity index (χ0n) is 11.6. The van der Waals surface area contributed by atoms with Crippen molar-refractivity contribution in [2.75, 3.05) is 18.4 Å². The average molecular weight is 276 g/mol. The lowest BCUT2D eigenvalue weighted by Crippen LogP contribution is -2.53. The van der Waals surface area contributed by atoms with E-state index in [0.717, 1.165) is 18.5 Å². The third-order valence-electron chi connectivity index (χ3n) is 3.72. The van der Waals surface area contributed by atoms with Gasteiger partial charge in [0, 0.05) is 12.2 Å². The molecule has 2 unspecified atom stereocenters. The summed E-state index contributed by atoms with van der Waals surface area (Å²) in [6.45, 7) is 2.54. The van der Waals surface area contributed by atoms with Gasteiger partial charge in [-0.2, -0.15) is 0 Å². The molecule has 108 valence electrons. The summed E-state index contributed by atoms with van der Waals surface area (Å²) in [4.78, 5) is 25.1. The molecule has 20 heavy (non-hydrogen) atoms. The summed E-state index contributed by atoms with van der Waals surface area (Å²) >= 11 is 0. The van der Waals surface area contributed by atoms with Crippen LogP contribution < -0.4 is 5.32 Å². The highest BCUT2D eigenvalue weighted by Gasteiger charge is 2.36. The summed E-state index contributed by atoms with van der Waals surface area (Å²) in [6, 6.07) is 8.72. The van der Waals surface area contributed by atoms with Gasteiger partial charge in [0.25, 0.3) is 0 Å². The molecule has 1 aromatic rings. The van der Waals surface area contributed by atoms with E-state index in [1.54, 1.807) is 0 Å². The summed E-state index contributed by atoms with van der Waals surface area (Å²) in [5.74, 6) is -1.07. The fourth-order valence-electron chi connectivity index (χ4n) is 2.68. The van der Waals surface area contributed by atoms with Gasteiger partial charge in [0.05, 0.1) is 6.54 Å². The third kappa shape index (κ3) is 3.29. The number of hydrogen-bond acceptors (Lipinski definition) is 3. The summed E-state index contributed by atoms with van der Waals surface area (Å²) in [5.41, 5.74) is 0.859. The molecule has 1 aliphatic rings. The van der Waals surface area contributed by atoms with E-state index in [-0.39, 0.29) is 18.4 Å². The van der Waals surface area contributed by atoms with Crippen LogP contribution in [0, 0.1) is 5.92 Å². The highest BCUT2D eigenvalue weighted by molar-refractivity contribution is 5.86. The Hall–Kier alpha value is -2.04. The molecule has 0 bridgehead atoms. The van der Waals surface area contributed by atoms with E-state index in [4.69, 9.17) is 0 Å². The van der Waals surface area contributed by atoms with Crippen molar-refractivity contribution in [3.63, 3.8) is 0 Å². The number of aliphatic carboxylic acids is 1. The van der Waals surface area contributed by atoms with Crippen LogP contribution in [0.4, 0.5) is 5.69 Å². The van der Waals surface area contributed by atoms with Gasteiger partial charge in [-0.15, -0.1) is 0 Å². The molecule has 0 aliphatic carbocycles. The second-order valence-electron chi connectivity index (χ2n) is 5.21. The van der Waals surface area contributed by atoms with E-state index in [2.05, 4.69) is 5.32 Å². The lowest BCUT2D eigenvalue weighted by molar-refractivity contribution is -0.153. The minimum absolute atomic E-state index is 0.00178. The maximum atomic E-state index is 12.2. The molecule has 1 aliphatic heterocycles. The number of rotatable bonds is 4. The number of amides is 1. The van der Waals surface area contributed by atoms with Crippen molar-refractivity contribution < 1.29 is 14.7 Å². The second kappa shape index (κ2) is 6.41. The number of nitrogens with zero attached hydrogens (tertiary/aromatic N) is 1. The van der Waals surface area contributed by atoms with Crippen molar-refractivity contribution in [2.24, 2.45) is 5.92 Å². The molecule has 5 nitrogen and oxygen atoms in total. The van der Waals surface area contributed by atoms with E-state index < -0.39 is 12.0 Å². The summed E-state index contributed by atoms with van der Waals surface area (Å²) in [6.07, 6.45) is 1.72. The van der Waals surface area contributed by atoms with Crippen molar-refractivity contribution in [3.8, 4) is 0 Å². The summed E-state index contributed by atoms with van der Waals surface area (Å²) in [7, 11) is 0. The van der Waals surface area contributed by atoms with Gasteiger partial charge in [-0.25, -0.2) is 4.79 Å². The van der Waals surface area contributed by atoms with E-state index >= 15 is 0 Å². The van der Waals surface area contributed by atoms with E-state index in [9.17, 15) is 14.7 Å². The highest BCUT2D eigenvalue weighted by Crippen LogP contribution is 2.23. The lowest BCUT2D eigenvalue weighted by Gasteiger charge is -2.37.